The van der Waals surface area contributed by atoms with E-state index in [1.165, 1.54) is 16.7 Å². The summed E-state index contributed by atoms with van der Waals surface area (Å²) >= 11 is 0. The van der Waals surface area contributed by atoms with Crippen molar-refractivity contribution in [3.8, 4) is 17.2 Å². The van der Waals surface area contributed by atoms with Gasteiger partial charge in [-0.05, 0) is 49.6 Å². The standard InChI is InChI=1S/C30H30O3/c1-22-8-4-11-25(16-22)19-31-28-14-7-15-29(32-20-26-12-5-9-23(2)17-26)30(28)33-21-27-13-6-10-24(3)18-27/h4-18H,19-21H2,1-3H3. The lowest BCUT2D eigenvalue weighted by molar-refractivity contribution is 0.230. The molecule has 0 unspecified atom stereocenters. The van der Waals surface area contributed by atoms with Gasteiger partial charge >= 0.3 is 0 Å². The van der Waals surface area contributed by atoms with E-state index >= 15 is 0 Å². The van der Waals surface area contributed by atoms with Crippen LogP contribution in [0, 0.1) is 20.8 Å². The Labute approximate surface area is 196 Å². The van der Waals surface area contributed by atoms with Crippen LogP contribution in [0.15, 0.2) is 91.0 Å². The molecule has 0 spiro atoms. The van der Waals surface area contributed by atoms with Crippen molar-refractivity contribution in [2.45, 2.75) is 40.6 Å². The third kappa shape index (κ3) is 6.39. The van der Waals surface area contributed by atoms with E-state index < -0.39 is 0 Å². The van der Waals surface area contributed by atoms with Gasteiger partial charge in [0.1, 0.15) is 19.8 Å². The predicted molar refractivity (Wildman–Crippen MR) is 133 cm³/mol. The van der Waals surface area contributed by atoms with Crippen molar-refractivity contribution < 1.29 is 14.2 Å². The van der Waals surface area contributed by atoms with Gasteiger partial charge in [0.2, 0.25) is 5.75 Å². The summed E-state index contributed by atoms with van der Waals surface area (Å²) in [5, 5.41) is 0. The zero-order chi connectivity index (χ0) is 23.0. The van der Waals surface area contributed by atoms with E-state index in [4.69, 9.17) is 14.2 Å². The number of benzene rings is 4. The number of ether oxygens (including phenoxy) is 3. The summed E-state index contributed by atoms with van der Waals surface area (Å²) in [6, 6.07) is 30.8. The van der Waals surface area contributed by atoms with Gasteiger partial charge in [0.25, 0.3) is 0 Å². The molecule has 0 N–H and O–H groups in total. The van der Waals surface area contributed by atoms with Crippen LogP contribution in [0.5, 0.6) is 17.2 Å². The fourth-order valence-corrected chi connectivity index (χ4v) is 3.75. The molecule has 0 radical (unpaired) electrons. The minimum absolute atomic E-state index is 0.438. The summed E-state index contributed by atoms with van der Waals surface area (Å²) in [4.78, 5) is 0. The average molecular weight is 439 g/mol. The molecule has 4 aromatic carbocycles. The van der Waals surface area contributed by atoms with Crippen molar-refractivity contribution in [2.24, 2.45) is 0 Å². The Morgan fingerprint density at radius 1 is 0.455 bits per heavy atom. The molecule has 0 aromatic heterocycles. The van der Waals surface area contributed by atoms with Crippen LogP contribution in [-0.4, -0.2) is 0 Å². The molecular formula is C30H30O3. The second-order valence-corrected chi connectivity index (χ2v) is 8.42. The zero-order valence-corrected chi connectivity index (χ0v) is 19.5. The lowest BCUT2D eigenvalue weighted by atomic mass is 10.1. The van der Waals surface area contributed by atoms with Gasteiger partial charge in [0.05, 0.1) is 0 Å². The molecule has 0 aliphatic carbocycles. The van der Waals surface area contributed by atoms with E-state index in [2.05, 4.69) is 75.4 Å². The van der Waals surface area contributed by atoms with Crippen molar-refractivity contribution in [3.05, 3.63) is 124 Å². The Balaban J connectivity index is 1.56. The SMILES string of the molecule is Cc1cccc(COc2cccc(OCc3cccc(C)c3)c2OCc2cccc(C)c2)c1. The fourth-order valence-electron chi connectivity index (χ4n) is 3.75. The first-order chi connectivity index (χ1) is 16.1. The maximum atomic E-state index is 6.28. The van der Waals surface area contributed by atoms with Crippen LogP contribution < -0.4 is 14.2 Å². The van der Waals surface area contributed by atoms with Gasteiger partial charge in [0.15, 0.2) is 11.5 Å². The van der Waals surface area contributed by atoms with E-state index in [1.54, 1.807) is 0 Å². The van der Waals surface area contributed by atoms with Crippen LogP contribution in [0.3, 0.4) is 0 Å². The summed E-state index contributed by atoms with van der Waals surface area (Å²) in [7, 11) is 0. The van der Waals surface area contributed by atoms with Crippen LogP contribution in [-0.2, 0) is 19.8 Å². The first-order valence-corrected chi connectivity index (χ1v) is 11.2. The van der Waals surface area contributed by atoms with E-state index in [0.29, 0.717) is 37.1 Å². The molecule has 4 aromatic rings. The van der Waals surface area contributed by atoms with Gasteiger partial charge in [-0.1, -0.05) is 95.6 Å². The Kier molecular flexibility index (Phi) is 7.31. The molecule has 0 fully saturated rings. The predicted octanol–water partition coefficient (Wildman–Crippen LogP) is 7.35. The number of hydrogen-bond acceptors (Lipinski definition) is 3. The van der Waals surface area contributed by atoms with Crippen LogP contribution in [0.4, 0.5) is 0 Å². The lowest BCUT2D eigenvalue weighted by Gasteiger charge is -2.17. The first kappa shape index (κ1) is 22.5. The van der Waals surface area contributed by atoms with Crippen LogP contribution in [0.2, 0.25) is 0 Å². The Morgan fingerprint density at radius 3 is 1.21 bits per heavy atom. The molecule has 0 amide bonds. The van der Waals surface area contributed by atoms with E-state index in [-0.39, 0.29) is 0 Å². The number of aryl methyl sites for hydroxylation is 3. The molecule has 0 atom stereocenters. The molecule has 33 heavy (non-hydrogen) atoms. The van der Waals surface area contributed by atoms with Crippen molar-refractivity contribution in [2.75, 3.05) is 0 Å². The molecule has 3 heteroatoms. The Morgan fingerprint density at radius 2 is 0.818 bits per heavy atom. The summed E-state index contributed by atoms with van der Waals surface area (Å²) in [5.74, 6) is 1.97. The highest BCUT2D eigenvalue weighted by atomic mass is 16.5. The van der Waals surface area contributed by atoms with E-state index in [1.807, 2.05) is 36.4 Å². The number of hydrogen-bond donors (Lipinski definition) is 0. The molecule has 0 heterocycles. The topological polar surface area (TPSA) is 27.7 Å². The summed E-state index contributed by atoms with van der Waals surface area (Å²) in [6.07, 6.45) is 0. The van der Waals surface area contributed by atoms with Gasteiger partial charge in [-0.25, -0.2) is 0 Å². The Hall–Kier alpha value is -3.72. The monoisotopic (exact) mass is 438 g/mol. The maximum Gasteiger partial charge on any atom is 0.203 e. The third-order valence-corrected chi connectivity index (χ3v) is 5.36. The third-order valence-electron chi connectivity index (χ3n) is 5.36. The summed E-state index contributed by atoms with van der Waals surface area (Å²) < 4.78 is 18.7. The number of para-hydroxylation sites is 1. The van der Waals surface area contributed by atoms with E-state index in [9.17, 15) is 0 Å². The smallest absolute Gasteiger partial charge is 0.203 e. The summed E-state index contributed by atoms with van der Waals surface area (Å²) in [6.45, 7) is 7.61. The average Bonchev–Trinajstić information content (AvgIpc) is 2.81. The lowest BCUT2D eigenvalue weighted by Crippen LogP contribution is -2.04. The highest BCUT2D eigenvalue weighted by Gasteiger charge is 2.14. The van der Waals surface area contributed by atoms with Gasteiger partial charge < -0.3 is 14.2 Å². The fraction of sp³-hybridized carbons (Fsp3) is 0.200. The quantitative estimate of drug-likeness (QED) is 0.273. The maximum absolute atomic E-state index is 6.28. The molecule has 0 aliphatic heterocycles. The minimum atomic E-state index is 0.438. The molecular weight excluding hydrogens is 408 g/mol. The molecule has 3 nitrogen and oxygen atoms in total. The minimum Gasteiger partial charge on any atom is -0.485 e. The molecule has 4 rings (SSSR count). The first-order valence-electron chi connectivity index (χ1n) is 11.2. The Bertz CT molecular complexity index is 1140. The van der Waals surface area contributed by atoms with Gasteiger partial charge in [-0.3, -0.25) is 0 Å². The normalized spacial score (nSPS) is 10.6. The molecule has 0 saturated heterocycles. The van der Waals surface area contributed by atoms with Crippen molar-refractivity contribution >= 4 is 0 Å². The van der Waals surface area contributed by atoms with Crippen molar-refractivity contribution in [1.82, 2.24) is 0 Å². The van der Waals surface area contributed by atoms with Crippen LogP contribution >= 0.6 is 0 Å². The van der Waals surface area contributed by atoms with Crippen LogP contribution in [0.1, 0.15) is 33.4 Å². The molecule has 0 saturated carbocycles. The highest BCUT2D eigenvalue weighted by molar-refractivity contribution is 5.51. The number of rotatable bonds is 9. The van der Waals surface area contributed by atoms with Crippen molar-refractivity contribution in [1.29, 1.82) is 0 Å². The van der Waals surface area contributed by atoms with Crippen LogP contribution in [0.25, 0.3) is 0 Å². The largest absolute Gasteiger partial charge is 0.485 e. The van der Waals surface area contributed by atoms with Gasteiger partial charge in [0, 0.05) is 0 Å². The van der Waals surface area contributed by atoms with Crippen molar-refractivity contribution in [3.63, 3.8) is 0 Å². The second-order valence-electron chi connectivity index (χ2n) is 8.42. The molecule has 0 bridgehead atoms. The second kappa shape index (κ2) is 10.7. The highest BCUT2D eigenvalue weighted by Crippen LogP contribution is 2.38. The summed E-state index contributed by atoms with van der Waals surface area (Å²) in [5.41, 5.74) is 6.96. The van der Waals surface area contributed by atoms with E-state index in [0.717, 1.165) is 16.7 Å². The zero-order valence-electron chi connectivity index (χ0n) is 19.5. The van der Waals surface area contributed by atoms with Gasteiger partial charge in [-0.15, -0.1) is 0 Å². The van der Waals surface area contributed by atoms with Gasteiger partial charge in [-0.2, -0.15) is 0 Å². The molecule has 0 aliphatic rings. The molecule has 168 valence electrons.